The fraction of sp³-hybridized carbons (Fsp3) is 0.348. The molecule has 3 aliphatic rings. The number of amides is 4. The van der Waals surface area contributed by atoms with E-state index in [1.54, 1.807) is 30.3 Å². The van der Waals surface area contributed by atoms with E-state index in [0.717, 1.165) is 34.3 Å². The number of anilines is 1. The molecule has 31 heavy (non-hydrogen) atoms. The number of imide groups is 2. The molecule has 0 saturated carbocycles. The van der Waals surface area contributed by atoms with Gasteiger partial charge in [0.05, 0.1) is 11.7 Å². The van der Waals surface area contributed by atoms with Gasteiger partial charge in [-0.3, -0.25) is 19.4 Å². The fourth-order valence-electron chi connectivity index (χ4n) is 4.46. The van der Waals surface area contributed by atoms with Gasteiger partial charge in [0.15, 0.2) is 11.5 Å². The van der Waals surface area contributed by atoms with Gasteiger partial charge in [0.2, 0.25) is 0 Å². The molecule has 0 radical (unpaired) electrons. The number of carbonyl (C=O) groups excluding carboxylic acids is 3. The van der Waals surface area contributed by atoms with Crippen LogP contribution in [0.2, 0.25) is 0 Å². The lowest BCUT2D eigenvalue weighted by Crippen LogP contribution is -2.53. The number of nitrogens with zero attached hydrogens (tertiary/aromatic N) is 3. The molecule has 0 spiro atoms. The number of benzene rings is 2. The predicted octanol–water partition coefficient (Wildman–Crippen LogP) is 2.29. The molecule has 0 N–H and O–H groups in total. The molecule has 3 aliphatic heterocycles. The number of ether oxygens (including phenoxy) is 2. The quantitative estimate of drug-likeness (QED) is 0.557. The maximum Gasteiger partial charge on any atom is 0.339 e. The summed E-state index contributed by atoms with van der Waals surface area (Å²) in [5, 5.41) is 0. The Hall–Kier alpha value is -3.39. The molecule has 2 atom stereocenters. The van der Waals surface area contributed by atoms with Crippen molar-refractivity contribution in [1.82, 2.24) is 9.80 Å². The summed E-state index contributed by atoms with van der Waals surface area (Å²) in [6.45, 7) is 2.41. The summed E-state index contributed by atoms with van der Waals surface area (Å²) >= 11 is 0. The van der Waals surface area contributed by atoms with Crippen LogP contribution < -0.4 is 14.4 Å². The van der Waals surface area contributed by atoms with Crippen LogP contribution in [0.4, 0.5) is 10.5 Å². The Bertz CT molecular complexity index is 1010. The zero-order valence-corrected chi connectivity index (χ0v) is 17.0. The van der Waals surface area contributed by atoms with E-state index in [9.17, 15) is 14.4 Å². The smallest absolute Gasteiger partial charge is 0.339 e. The number of fused-ring (bicyclic) bond motifs is 1. The number of likely N-dealkylation sites (tertiary alicyclic amines) is 1. The van der Waals surface area contributed by atoms with Gasteiger partial charge in [-0.1, -0.05) is 30.3 Å². The lowest BCUT2D eigenvalue weighted by molar-refractivity contribution is -0.140. The molecule has 0 aromatic heterocycles. The summed E-state index contributed by atoms with van der Waals surface area (Å²) in [7, 11) is 0. The average molecular weight is 421 g/mol. The molecular weight excluding hydrogens is 398 g/mol. The van der Waals surface area contributed by atoms with Crippen LogP contribution in [0.1, 0.15) is 12.8 Å². The molecule has 0 bridgehead atoms. The molecule has 5 rings (SSSR count). The van der Waals surface area contributed by atoms with E-state index in [0.29, 0.717) is 31.8 Å². The Balaban J connectivity index is 1.27. The average Bonchev–Trinajstić information content (AvgIpc) is 3.02. The van der Waals surface area contributed by atoms with Gasteiger partial charge >= 0.3 is 17.8 Å². The van der Waals surface area contributed by atoms with Crippen molar-refractivity contribution in [1.29, 1.82) is 0 Å². The third kappa shape index (κ3) is 3.63. The van der Waals surface area contributed by atoms with Gasteiger partial charge in [0, 0.05) is 13.1 Å². The third-order valence-electron chi connectivity index (χ3n) is 5.89. The molecule has 3 heterocycles. The second-order valence-electron chi connectivity index (χ2n) is 7.99. The Kier molecular flexibility index (Phi) is 5.07. The lowest BCUT2D eigenvalue weighted by atomic mass is 10.0. The Morgan fingerprint density at radius 2 is 1.65 bits per heavy atom. The van der Waals surface area contributed by atoms with E-state index < -0.39 is 17.8 Å². The normalized spacial score (nSPS) is 24.1. The molecular formula is C23H23N3O5. The van der Waals surface area contributed by atoms with E-state index in [1.165, 1.54) is 0 Å². The maximum atomic E-state index is 13.0. The topological polar surface area (TPSA) is 79.4 Å². The highest BCUT2D eigenvalue weighted by molar-refractivity contribution is 6.52. The standard InChI is InChI=1S/C23H23N3O5/c27-21-22(28)26(23(29)25(21)16-7-2-1-3-8-16)17-9-6-12-24(13-17)14-18-15-30-19-10-4-5-11-20(19)31-18/h1-5,7-8,10-11,17-18H,6,9,12-15H2. The van der Waals surface area contributed by atoms with Gasteiger partial charge in [-0.25, -0.2) is 9.69 Å². The van der Waals surface area contributed by atoms with E-state index in [4.69, 9.17) is 9.47 Å². The van der Waals surface area contributed by atoms with Gasteiger partial charge in [-0.15, -0.1) is 0 Å². The minimum Gasteiger partial charge on any atom is -0.486 e. The van der Waals surface area contributed by atoms with Crippen molar-refractivity contribution in [2.24, 2.45) is 0 Å². The number of piperidine rings is 1. The first-order valence-electron chi connectivity index (χ1n) is 10.5. The molecule has 2 aromatic rings. The van der Waals surface area contributed by atoms with Crippen LogP contribution in [0.5, 0.6) is 11.5 Å². The zero-order valence-electron chi connectivity index (χ0n) is 17.0. The molecule has 8 heteroatoms. The van der Waals surface area contributed by atoms with Crippen molar-refractivity contribution in [3.8, 4) is 11.5 Å². The molecule has 2 aromatic carbocycles. The van der Waals surface area contributed by atoms with Gasteiger partial charge in [0.1, 0.15) is 12.7 Å². The Morgan fingerprint density at radius 3 is 2.45 bits per heavy atom. The van der Waals surface area contributed by atoms with Gasteiger partial charge in [-0.05, 0) is 43.7 Å². The highest BCUT2D eigenvalue weighted by atomic mass is 16.6. The van der Waals surface area contributed by atoms with Gasteiger partial charge in [-0.2, -0.15) is 0 Å². The van der Waals surface area contributed by atoms with Crippen LogP contribution in [-0.2, 0) is 9.59 Å². The second kappa shape index (κ2) is 8.03. The summed E-state index contributed by atoms with van der Waals surface area (Å²) in [4.78, 5) is 42.5. The summed E-state index contributed by atoms with van der Waals surface area (Å²) < 4.78 is 11.8. The van der Waals surface area contributed by atoms with E-state index in [-0.39, 0.29) is 12.1 Å². The molecule has 8 nitrogen and oxygen atoms in total. The first-order chi connectivity index (χ1) is 15.1. The molecule has 2 saturated heterocycles. The Morgan fingerprint density at radius 1 is 0.903 bits per heavy atom. The van der Waals surface area contributed by atoms with Crippen molar-refractivity contribution >= 4 is 23.5 Å². The van der Waals surface area contributed by atoms with E-state index in [1.807, 2.05) is 24.3 Å². The molecule has 0 aliphatic carbocycles. The predicted molar refractivity (Wildman–Crippen MR) is 112 cm³/mol. The van der Waals surface area contributed by atoms with Crippen molar-refractivity contribution in [2.75, 3.05) is 31.1 Å². The monoisotopic (exact) mass is 421 g/mol. The maximum absolute atomic E-state index is 13.0. The molecule has 4 amide bonds. The van der Waals surface area contributed by atoms with Crippen LogP contribution >= 0.6 is 0 Å². The second-order valence-corrected chi connectivity index (χ2v) is 7.99. The first-order valence-corrected chi connectivity index (χ1v) is 10.5. The number of hydrogen-bond acceptors (Lipinski definition) is 6. The summed E-state index contributed by atoms with van der Waals surface area (Å²) in [5.41, 5.74) is 0.410. The van der Waals surface area contributed by atoms with E-state index >= 15 is 0 Å². The summed E-state index contributed by atoms with van der Waals surface area (Å²) in [6, 6.07) is 15.2. The van der Waals surface area contributed by atoms with Crippen LogP contribution in [0, 0.1) is 0 Å². The highest BCUT2D eigenvalue weighted by Crippen LogP contribution is 2.32. The van der Waals surface area contributed by atoms with Crippen molar-refractivity contribution in [3.05, 3.63) is 54.6 Å². The number of hydrogen-bond donors (Lipinski definition) is 0. The minimum absolute atomic E-state index is 0.138. The molecule has 160 valence electrons. The minimum atomic E-state index is -0.797. The number of urea groups is 1. The largest absolute Gasteiger partial charge is 0.486 e. The summed E-state index contributed by atoms with van der Waals surface area (Å²) in [6.07, 6.45) is 1.36. The molecule has 2 unspecified atom stereocenters. The van der Waals surface area contributed by atoms with Crippen molar-refractivity contribution < 1.29 is 23.9 Å². The van der Waals surface area contributed by atoms with Crippen LogP contribution in [0.15, 0.2) is 54.6 Å². The van der Waals surface area contributed by atoms with Crippen LogP contribution in [-0.4, -0.2) is 66.0 Å². The number of carbonyl (C=O) groups is 3. The van der Waals surface area contributed by atoms with Crippen LogP contribution in [0.3, 0.4) is 0 Å². The first kappa shape index (κ1) is 19.6. The van der Waals surface area contributed by atoms with Crippen molar-refractivity contribution in [2.45, 2.75) is 25.0 Å². The summed E-state index contributed by atoms with van der Waals surface area (Å²) in [5.74, 6) is -0.0924. The highest BCUT2D eigenvalue weighted by Gasteiger charge is 2.49. The molecule has 2 fully saturated rings. The van der Waals surface area contributed by atoms with Gasteiger partial charge < -0.3 is 9.47 Å². The Labute approximate surface area is 179 Å². The van der Waals surface area contributed by atoms with Crippen molar-refractivity contribution in [3.63, 3.8) is 0 Å². The number of para-hydroxylation sites is 3. The zero-order chi connectivity index (χ0) is 21.4. The van der Waals surface area contributed by atoms with E-state index in [2.05, 4.69) is 4.90 Å². The van der Waals surface area contributed by atoms with Crippen LogP contribution in [0.25, 0.3) is 0 Å². The fourth-order valence-corrected chi connectivity index (χ4v) is 4.46. The van der Waals surface area contributed by atoms with Gasteiger partial charge in [0.25, 0.3) is 0 Å². The number of rotatable bonds is 4. The SMILES string of the molecule is O=C1C(=O)N(C2CCCN(CC3COc4ccccc4O3)C2)C(=O)N1c1ccccc1. The lowest BCUT2D eigenvalue weighted by Gasteiger charge is -2.38. The third-order valence-corrected chi connectivity index (χ3v) is 5.89.